The van der Waals surface area contributed by atoms with E-state index in [1.165, 1.54) is 5.57 Å². The zero-order valence-electron chi connectivity index (χ0n) is 10.8. The Morgan fingerprint density at radius 2 is 1.71 bits per heavy atom. The van der Waals surface area contributed by atoms with Crippen LogP contribution < -0.4 is 0 Å². The summed E-state index contributed by atoms with van der Waals surface area (Å²) >= 11 is 0. The lowest BCUT2D eigenvalue weighted by Gasteiger charge is -2.44. The maximum atomic E-state index is 3.99. The molecule has 0 bridgehead atoms. The summed E-state index contributed by atoms with van der Waals surface area (Å²) in [5.74, 6) is 0.632. The number of hydrogen-bond acceptors (Lipinski definition) is 0. The van der Waals surface area contributed by atoms with Crippen LogP contribution >= 0.6 is 0 Å². The van der Waals surface area contributed by atoms with E-state index in [-0.39, 0.29) is 10.8 Å². The molecule has 1 atom stereocenters. The molecule has 0 heteroatoms. The van der Waals surface area contributed by atoms with Gasteiger partial charge in [-0.15, -0.1) is 13.2 Å². The van der Waals surface area contributed by atoms with Gasteiger partial charge < -0.3 is 0 Å². The van der Waals surface area contributed by atoms with Gasteiger partial charge in [-0.3, -0.25) is 0 Å². The van der Waals surface area contributed by atoms with E-state index in [0.29, 0.717) is 5.92 Å². The van der Waals surface area contributed by atoms with Gasteiger partial charge in [-0.2, -0.15) is 0 Å². The molecule has 0 aliphatic carbocycles. The normalized spacial score (nSPS) is 15.0. The summed E-state index contributed by atoms with van der Waals surface area (Å²) in [5.41, 5.74) is 1.70. The van der Waals surface area contributed by atoms with E-state index in [9.17, 15) is 0 Å². The van der Waals surface area contributed by atoms with E-state index in [4.69, 9.17) is 0 Å². The molecule has 0 nitrogen and oxygen atoms in total. The summed E-state index contributed by atoms with van der Waals surface area (Å²) in [7, 11) is 0. The number of allylic oxidation sites excluding steroid dienone is 2. The molecule has 14 heavy (non-hydrogen) atoms. The molecule has 0 aromatic heterocycles. The largest absolute Gasteiger partial charge is 0.103 e. The van der Waals surface area contributed by atoms with E-state index < -0.39 is 0 Å². The van der Waals surface area contributed by atoms with Gasteiger partial charge in [0, 0.05) is 0 Å². The summed E-state index contributed by atoms with van der Waals surface area (Å²) in [4.78, 5) is 0. The highest BCUT2D eigenvalue weighted by molar-refractivity contribution is 5.03. The van der Waals surface area contributed by atoms with Crippen molar-refractivity contribution < 1.29 is 0 Å². The molecular formula is C14H26. The van der Waals surface area contributed by atoms with E-state index in [2.05, 4.69) is 60.8 Å². The van der Waals surface area contributed by atoms with Crippen LogP contribution in [-0.4, -0.2) is 0 Å². The molecule has 0 heterocycles. The average molecular weight is 194 g/mol. The molecule has 1 unspecified atom stereocenters. The molecule has 0 saturated heterocycles. The van der Waals surface area contributed by atoms with Crippen molar-refractivity contribution >= 4 is 0 Å². The van der Waals surface area contributed by atoms with Crippen molar-refractivity contribution in [1.29, 1.82) is 0 Å². The molecule has 0 aromatic rings. The van der Waals surface area contributed by atoms with Gasteiger partial charge in [0.25, 0.3) is 0 Å². The fraction of sp³-hybridized carbons (Fsp3) is 0.714. The SMILES string of the molecule is C=CC(C)(C)C(C)(C)C(C)CC(=C)C. The van der Waals surface area contributed by atoms with Crippen molar-refractivity contribution in [3.8, 4) is 0 Å². The molecule has 0 amide bonds. The van der Waals surface area contributed by atoms with Crippen LogP contribution in [0.1, 0.15) is 48.0 Å². The van der Waals surface area contributed by atoms with Crippen LogP contribution in [0.2, 0.25) is 0 Å². The van der Waals surface area contributed by atoms with Gasteiger partial charge in [0.15, 0.2) is 0 Å². The zero-order chi connectivity index (χ0) is 11.6. The van der Waals surface area contributed by atoms with E-state index in [1.54, 1.807) is 0 Å². The van der Waals surface area contributed by atoms with Crippen molar-refractivity contribution in [2.24, 2.45) is 16.7 Å². The van der Waals surface area contributed by atoms with Crippen LogP contribution in [0.25, 0.3) is 0 Å². The summed E-state index contributed by atoms with van der Waals surface area (Å²) in [6.45, 7) is 21.5. The highest BCUT2D eigenvalue weighted by Gasteiger charge is 2.38. The number of hydrogen-bond donors (Lipinski definition) is 0. The van der Waals surface area contributed by atoms with Crippen LogP contribution in [0.3, 0.4) is 0 Å². The maximum absolute atomic E-state index is 3.99. The Bertz CT molecular complexity index is 218. The molecule has 0 rings (SSSR count). The molecule has 0 radical (unpaired) electrons. The molecule has 82 valence electrons. The molecule has 0 spiro atoms. The van der Waals surface area contributed by atoms with Crippen LogP contribution in [0.4, 0.5) is 0 Å². The topological polar surface area (TPSA) is 0 Å². The van der Waals surface area contributed by atoms with E-state index >= 15 is 0 Å². The first-order chi connectivity index (χ1) is 6.15. The second-order valence-electron chi connectivity index (χ2n) is 5.71. The Hall–Kier alpha value is -0.520. The molecule has 0 aromatic carbocycles. The minimum atomic E-state index is 0.169. The standard InChI is InChI=1S/C14H26/c1-9-13(5,6)14(7,8)12(4)10-11(2)3/h9,12H,1-2,10H2,3-8H3. The van der Waals surface area contributed by atoms with Crippen molar-refractivity contribution in [3.63, 3.8) is 0 Å². The monoisotopic (exact) mass is 194 g/mol. The van der Waals surface area contributed by atoms with Crippen molar-refractivity contribution in [2.45, 2.75) is 48.0 Å². The second kappa shape index (κ2) is 4.33. The third kappa shape index (κ3) is 2.73. The molecule has 0 N–H and O–H groups in total. The smallest absolute Gasteiger partial charge is 0.0124 e. The molecule has 0 saturated carbocycles. The highest BCUT2D eigenvalue weighted by atomic mass is 14.4. The quantitative estimate of drug-likeness (QED) is 0.550. The summed E-state index contributed by atoms with van der Waals surface area (Å²) < 4.78 is 0. The molecule has 0 aliphatic rings. The van der Waals surface area contributed by atoms with Crippen LogP contribution in [0.15, 0.2) is 24.8 Å². The zero-order valence-corrected chi connectivity index (χ0v) is 10.8. The first-order valence-corrected chi connectivity index (χ1v) is 5.43. The highest BCUT2D eigenvalue weighted by Crippen LogP contribution is 2.46. The third-order valence-corrected chi connectivity index (χ3v) is 4.06. The minimum absolute atomic E-state index is 0.169. The fourth-order valence-electron chi connectivity index (χ4n) is 1.68. The van der Waals surface area contributed by atoms with E-state index in [0.717, 1.165) is 6.42 Å². The Morgan fingerprint density at radius 3 is 2.00 bits per heavy atom. The van der Waals surface area contributed by atoms with Crippen molar-refractivity contribution in [3.05, 3.63) is 24.8 Å². The summed E-state index contributed by atoms with van der Waals surface area (Å²) in [6.07, 6.45) is 3.17. The fourth-order valence-corrected chi connectivity index (χ4v) is 1.68. The van der Waals surface area contributed by atoms with Gasteiger partial charge >= 0.3 is 0 Å². The van der Waals surface area contributed by atoms with Gasteiger partial charge in [-0.25, -0.2) is 0 Å². The minimum Gasteiger partial charge on any atom is -0.103 e. The average Bonchev–Trinajstić information content (AvgIpc) is 2.02. The van der Waals surface area contributed by atoms with Crippen LogP contribution in [0.5, 0.6) is 0 Å². The Balaban J connectivity index is 4.76. The van der Waals surface area contributed by atoms with Gasteiger partial charge in [-0.05, 0) is 30.1 Å². The molecular weight excluding hydrogens is 168 g/mol. The summed E-state index contributed by atoms with van der Waals surface area (Å²) in [5, 5.41) is 0. The van der Waals surface area contributed by atoms with Crippen LogP contribution in [-0.2, 0) is 0 Å². The van der Waals surface area contributed by atoms with Crippen LogP contribution in [0, 0.1) is 16.7 Å². The number of rotatable bonds is 5. The predicted molar refractivity (Wildman–Crippen MR) is 66.4 cm³/mol. The maximum Gasteiger partial charge on any atom is -0.0124 e. The Kier molecular flexibility index (Phi) is 4.17. The van der Waals surface area contributed by atoms with E-state index in [1.807, 2.05) is 0 Å². The van der Waals surface area contributed by atoms with Gasteiger partial charge in [0.2, 0.25) is 0 Å². The third-order valence-electron chi connectivity index (χ3n) is 4.06. The Labute approximate surface area is 90.1 Å². The Morgan fingerprint density at radius 1 is 1.29 bits per heavy atom. The first-order valence-electron chi connectivity index (χ1n) is 5.43. The lowest BCUT2D eigenvalue weighted by Crippen LogP contribution is -2.36. The lowest BCUT2D eigenvalue weighted by atomic mass is 9.60. The van der Waals surface area contributed by atoms with Crippen molar-refractivity contribution in [2.75, 3.05) is 0 Å². The predicted octanol–water partition coefficient (Wildman–Crippen LogP) is 4.83. The van der Waals surface area contributed by atoms with Gasteiger partial charge in [0.1, 0.15) is 0 Å². The second-order valence-corrected chi connectivity index (χ2v) is 5.71. The molecule has 0 aliphatic heterocycles. The van der Waals surface area contributed by atoms with Gasteiger partial charge in [0.05, 0.1) is 0 Å². The van der Waals surface area contributed by atoms with Gasteiger partial charge in [-0.1, -0.05) is 46.3 Å². The first kappa shape index (κ1) is 13.5. The molecule has 0 fully saturated rings. The lowest BCUT2D eigenvalue weighted by molar-refractivity contribution is 0.0896. The van der Waals surface area contributed by atoms with Crippen molar-refractivity contribution in [1.82, 2.24) is 0 Å². The summed E-state index contributed by atoms with van der Waals surface area (Å²) in [6, 6.07) is 0.